The maximum Gasteiger partial charge on any atom is 0.408 e. The van der Waals surface area contributed by atoms with Gasteiger partial charge in [0.25, 0.3) is 5.91 Å². The summed E-state index contributed by atoms with van der Waals surface area (Å²) in [6, 6.07) is 11.3. The Bertz CT molecular complexity index is 1100. The number of carbonyl (C=O) groups is 3. The van der Waals surface area contributed by atoms with E-state index in [4.69, 9.17) is 9.47 Å². The van der Waals surface area contributed by atoms with E-state index in [-0.39, 0.29) is 11.7 Å². The second kappa shape index (κ2) is 16.8. The Kier molecular flexibility index (Phi) is 13.8. The monoisotopic (exact) mass is 587 g/mol. The summed E-state index contributed by atoms with van der Waals surface area (Å²) in [6.45, 7) is 7.70. The van der Waals surface area contributed by atoms with E-state index < -0.39 is 29.7 Å². The van der Waals surface area contributed by atoms with Crippen LogP contribution in [0.3, 0.4) is 0 Å². The second-order valence-corrected chi connectivity index (χ2v) is 11.8. The third-order valence-electron chi connectivity index (χ3n) is 6.26. The summed E-state index contributed by atoms with van der Waals surface area (Å²) in [6.07, 6.45) is 5.20. The minimum absolute atomic E-state index is 0.0494. The molecular formula is C31H45N3O6S. The fraction of sp³-hybridized carbons (Fsp3) is 0.516. The quantitative estimate of drug-likeness (QED) is 0.214. The molecule has 226 valence electrons. The Balaban J connectivity index is 2.50. The predicted molar refractivity (Wildman–Crippen MR) is 164 cm³/mol. The maximum absolute atomic E-state index is 14.2. The molecule has 3 amide bonds. The Morgan fingerprint density at radius 1 is 1.00 bits per heavy atom. The molecule has 2 aromatic rings. The largest absolute Gasteiger partial charge is 0.508 e. The first kappa shape index (κ1) is 33.8. The number of benzene rings is 2. The summed E-state index contributed by atoms with van der Waals surface area (Å²) < 4.78 is 10.7. The molecule has 2 rings (SSSR count). The zero-order valence-electron chi connectivity index (χ0n) is 25.1. The fourth-order valence-electron chi connectivity index (χ4n) is 4.23. The minimum Gasteiger partial charge on any atom is -0.508 e. The average molecular weight is 588 g/mol. The maximum atomic E-state index is 14.2. The summed E-state index contributed by atoms with van der Waals surface area (Å²) in [5.41, 5.74) is 0.353. The number of carbonyl (C=O) groups excluding carboxylic acids is 3. The molecule has 0 spiro atoms. The van der Waals surface area contributed by atoms with E-state index in [9.17, 15) is 19.5 Å². The van der Waals surface area contributed by atoms with Crippen molar-refractivity contribution in [1.82, 2.24) is 10.2 Å². The number of thioether (sulfide) groups is 1. The van der Waals surface area contributed by atoms with Gasteiger partial charge in [-0.25, -0.2) is 4.79 Å². The Morgan fingerprint density at radius 3 is 2.22 bits per heavy atom. The van der Waals surface area contributed by atoms with Crippen molar-refractivity contribution in [3.05, 3.63) is 54.1 Å². The summed E-state index contributed by atoms with van der Waals surface area (Å²) >= 11 is 1.56. The van der Waals surface area contributed by atoms with Gasteiger partial charge in [0, 0.05) is 12.2 Å². The lowest BCUT2D eigenvalue weighted by molar-refractivity contribution is -0.141. The van der Waals surface area contributed by atoms with Crippen molar-refractivity contribution < 1.29 is 29.0 Å². The number of rotatable bonds is 15. The highest BCUT2D eigenvalue weighted by molar-refractivity contribution is 7.98. The van der Waals surface area contributed by atoms with E-state index in [1.165, 1.54) is 12.1 Å². The van der Waals surface area contributed by atoms with Crippen molar-refractivity contribution >= 4 is 35.4 Å². The van der Waals surface area contributed by atoms with Gasteiger partial charge in [-0.05, 0) is 87.6 Å². The molecule has 0 saturated heterocycles. The fourth-order valence-corrected chi connectivity index (χ4v) is 4.70. The number of methoxy groups -OCH3 is 1. The molecule has 0 aliphatic carbocycles. The number of nitrogens with zero attached hydrogens (tertiary/aromatic N) is 1. The SMILES string of the molecule is CCCCCCN(C(=O)C(CCSC)NC(=O)OC(C)(C)C)C(C(=O)Nc1ccc(OC)cc1)c1ccc(O)cc1. The van der Waals surface area contributed by atoms with Crippen molar-refractivity contribution in [2.45, 2.75) is 77.5 Å². The van der Waals surface area contributed by atoms with E-state index in [1.54, 1.807) is 80.9 Å². The van der Waals surface area contributed by atoms with E-state index >= 15 is 0 Å². The van der Waals surface area contributed by atoms with Crippen LogP contribution in [0.5, 0.6) is 11.5 Å². The van der Waals surface area contributed by atoms with Crippen molar-refractivity contribution in [2.24, 2.45) is 0 Å². The number of hydrogen-bond donors (Lipinski definition) is 3. The molecule has 2 unspecified atom stereocenters. The Hall–Kier alpha value is -3.40. The number of alkyl carbamates (subject to hydrolysis) is 1. The lowest BCUT2D eigenvalue weighted by atomic mass is 10.0. The molecule has 2 atom stereocenters. The predicted octanol–water partition coefficient (Wildman–Crippen LogP) is 6.14. The molecule has 0 bridgehead atoms. The van der Waals surface area contributed by atoms with Crippen LogP contribution in [0.1, 0.15) is 71.4 Å². The van der Waals surface area contributed by atoms with Crippen LogP contribution in [-0.4, -0.2) is 65.2 Å². The molecule has 2 aromatic carbocycles. The third kappa shape index (κ3) is 11.5. The number of nitrogens with one attached hydrogen (secondary N) is 2. The highest BCUT2D eigenvalue weighted by Gasteiger charge is 2.36. The standard InChI is InChI=1S/C31H45N3O6S/c1-7-8-9-10-20-34(29(37)26(19-21-41-6)33-30(38)40-31(2,3)4)27(22-11-15-24(35)16-12-22)28(36)32-23-13-17-25(39-5)18-14-23/h11-18,26-27,35H,7-10,19-21H2,1-6H3,(H,32,36)(H,33,38). The summed E-state index contributed by atoms with van der Waals surface area (Å²) in [5, 5.41) is 15.6. The van der Waals surface area contributed by atoms with Gasteiger partial charge in [-0.3, -0.25) is 9.59 Å². The molecule has 0 aliphatic heterocycles. The van der Waals surface area contributed by atoms with Gasteiger partial charge in [0.2, 0.25) is 5.91 Å². The molecule has 0 radical (unpaired) electrons. The molecule has 10 heteroatoms. The molecule has 0 saturated carbocycles. The molecule has 0 aliphatic rings. The van der Waals surface area contributed by atoms with Crippen LogP contribution in [0.15, 0.2) is 48.5 Å². The second-order valence-electron chi connectivity index (χ2n) is 10.8. The number of phenolic OH excluding ortho intramolecular Hbond substituents is 1. The molecule has 0 aromatic heterocycles. The first-order valence-corrected chi connectivity index (χ1v) is 15.4. The molecule has 0 fully saturated rings. The first-order chi connectivity index (χ1) is 19.5. The first-order valence-electron chi connectivity index (χ1n) is 14.0. The molecule has 0 heterocycles. The van der Waals surface area contributed by atoms with Gasteiger partial charge in [0.05, 0.1) is 7.11 Å². The van der Waals surface area contributed by atoms with Crippen LogP contribution in [-0.2, 0) is 14.3 Å². The third-order valence-corrected chi connectivity index (χ3v) is 6.91. The number of amides is 3. The van der Waals surface area contributed by atoms with Crippen molar-refractivity contribution in [3.63, 3.8) is 0 Å². The highest BCUT2D eigenvalue weighted by atomic mass is 32.2. The smallest absolute Gasteiger partial charge is 0.408 e. The number of ether oxygens (including phenoxy) is 2. The van der Waals surface area contributed by atoms with Gasteiger partial charge >= 0.3 is 6.09 Å². The lowest BCUT2D eigenvalue weighted by Gasteiger charge is -2.34. The van der Waals surface area contributed by atoms with Gasteiger partial charge in [-0.1, -0.05) is 38.3 Å². The van der Waals surface area contributed by atoms with E-state index in [1.807, 2.05) is 6.26 Å². The summed E-state index contributed by atoms with van der Waals surface area (Å²) in [7, 11) is 1.56. The zero-order chi connectivity index (χ0) is 30.4. The summed E-state index contributed by atoms with van der Waals surface area (Å²) in [5.74, 6) is 0.538. The van der Waals surface area contributed by atoms with Gasteiger partial charge < -0.3 is 30.1 Å². The highest BCUT2D eigenvalue weighted by Crippen LogP contribution is 2.28. The van der Waals surface area contributed by atoms with Crippen LogP contribution < -0.4 is 15.4 Å². The van der Waals surface area contributed by atoms with Crippen molar-refractivity contribution in [3.8, 4) is 11.5 Å². The molecule has 9 nitrogen and oxygen atoms in total. The van der Waals surface area contributed by atoms with E-state index in [0.717, 1.165) is 19.3 Å². The van der Waals surface area contributed by atoms with Gasteiger partial charge in [0.1, 0.15) is 29.2 Å². The number of anilines is 1. The number of phenols is 1. The zero-order valence-corrected chi connectivity index (χ0v) is 25.9. The van der Waals surface area contributed by atoms with Crippen molar-refractivity contribution in [1.29, 1.82) is 0 Å². The summed E-state index contributed by atoms with van der Waals surface area (Å²) in [4.78, 5) is 42.4. The van der Waals surface area contributed by atoms with Crippen LogP contribution >= 0.6 is 11.8 Å². The number of hydrogen-bond acceptors (Lipinski definition) is 7. The van der Waals surface area contributed by atoms with Crippen LogP contribution in [0, 0.1) is 0 Å². The number of aromatic hydroxyl groups is 1. The lowest BCUT2D eigenvalue weighted by Crippen LogP contribution is -2.52. The Labute approximate surface area is 248 Å². The van der Waals surface area contributed by atoms with Crippen LogP contribution in [0.2, 0.25) is 0 Å². The number of unbranched alkanes of at least 4 members (excludes halogenated alkanes) is 3. The minimum atomic E-state index is -1.01. The molecule has 41 heavy (non-hydrogen) atoms. The van der Waals surface area contributed by atoms with Gasteiger partial charge in [0.15, 0.2) is 0 Å². The van der Waals surface area contributed by atoms with Crippen LogP contribution in [0.25, 0.3) is 0 Å². The molecule has 3 N–H and O–H groups in total. The van der Waals surface area contributed by atoms with E-state index in [0.29, 0.717) is 42.1 Å². The van der Waals surface area contributed by atoms with Crippen LogP contribution in [0.4, 0.5) is 10.5 Å². The average Bonchev–Trinajstić information content (AvgIpc) is 2.92. The van der Waals surface area contributed by atoms with Gasteiger partial charge in [-0.2, -0.15) is 11.8 Å². The van der Waals surface area contributed by atoms with E-state index in [2.05, 4.69) is 17.6 Å². The Morgan fingerprint density at radius 2 is 1.66 bits per heavy atom. The van der Waals surface area contributed by atoms with Crippen molar-refractivity contribution in [2.75, 3.05) is 31.0 Å². The normalized spacial score (nSPS) is 12.6. The van der Waals surface area contributed by atoms with Gasteiger partial charge in [-0.15, -0.1) is 0 Å². The molecular weight excluding hydrogens is 542 g/mol. The topological polar surface area (TPSA) is 117 Å².